The molecule has 0 spiro atoms. The fraction of sp³-hybridized carbons (Fsp3) is 0.333. The quantitative estimate of drug-likeness (QED) is 0.507. The number of benzene rings is 3. The predicted molar refractivity (Wildman–Crippen MR) is 137 cm³/mol. The zero-order valence-corrected chi connectivity index (χ0v) is 21.2. The van der Waals surface area contributed by atoms with Crippen LogP contribution in [0.15, 0.2) is 48.5 Å². The molecule has 0 aliphatic heterocycles. The average Bonchev–Trinajstić information content (AvgIpc) is 2.70. The van der Waals surface area contributed by atoms with Crippen molar-refractivity contribution in [3.05, 3.63) is 87.5 Å². The van der Waals surface area contributed by atoms with E-state index >= 15 is 0 Å². The monoisotopic (exact) mass is 453 g/mol. The van der Waals surface area contributed by atoms with E-state index in [1.807, 2.05) is 41.8 Å². The first-order valence-electron chi connectivity index (χ1n) is 10.5. The summed E-state index contributed by atoms with van der Waals surface area (Å²) in [5.41, 5.74) is 8.09. The van der Waals surface area contributed by atoms with Gasteiger partial charge in [0.1, 0.15) is 11.5 Å². The second-order valence-corrected chi connectivity index (χ2v) is 10.2. The minimum absolute atomic E-state index is 0.0206. The number of aryl methyl sites for hydroxylation is 4. The lowest BCUT2D eigenvalue weighted by Gasteiger charge is -2.23. The zero-order valence-electron chi connectivity index (χ0n) is 20.4. The van der Waals surface area contributed by atoms with Gasteiger partial charge in [0.05, 0.1) is 0 Å². The Balaban J connectivity index is 0.000000837. The molecule has 0 bridgehead atoms. The lowest BCUT2D eigenvalue weighted by molar-refractivity contribution is 0.466. The number of anilines is 1. The Bertz CT molecular complexity index is 997. The molecular weight excluding hydrogens is 418 g/mol. The van der Waals surface area contributed by atoms with Crippen molar-refractivity contribution in [2.45, 2.75) is 33.6 Å². The van der Waals surface area contributed by atoms with E-state index in [1.165, 1.54) is 5.56 Å². The molecule has 0 amide bonds. The van der Waals surface area contributed by atoms with Crippen LogP contribution in [0.1, 0.15) is 44.9 Å². The third kappa shape index (κ3) is 6.13. The summed E-state index contributed by atoms with van der Waals surface area (Å²) in [4.78, 5) is 2.09. The van der Waals surface area contributed by atoms with Gasteiger partial charge in [-0.05, 0) is 78.8 Å². The van der Waals surface area contributed by atoms with Crippen LogP contribution in [0.3, 0.4) is 0 Å². The molecule has 0 unspecified atom stereocenters. The number of aromatic hydroxyl groups is 2. The molecule has 4 nitrogen and oxygen atoms in total. The standard InChI is InChI=1S/C25H29NO2.C2H6OS/c1-15-11-20(12-16(2)24(15)27)23(19-7-9-22(10-8-19)26(5)6)21-13-17(3)25(28)18(4)14-21;1-4(2)3/h7-14,23,27-28H,1-6H3;1-2H3. The first-order chi connectivity index (χ1) is 14.9. The number of rotatable bonds is 4. The van der Waals surface area contributed by atoms with Gasteiger partial charge in [-0.15, -0.1) is 0 Å². The highest BCUT2D eigenvalue weighted by atomic mass is 32.2. The third-order valence-corrected chi connectivity index (χ3v) is 5.44. The molecule has 3 aromatic carbocycles. The van der Waals surface area contributed by atoms with Gasteiger partial charge in [0.15, 0.2) is 0 Å². The van der Waals surface area contributed by atoms with Crippen LogP contribution in [-0.4, -0.2) is 41.0 Å². The maximum Gasteiger partial charge on any atom is 0.121 e. The molecule has 0 aromatic heterocycles. The molecule has 2 N–H and O–H groups in total. The van der Waals surface area contributed by atoms with Crippen LogP contribution in [0.25, 0.3) is 0 Å². The molecule has 0 atom stereocenters. The highest BCUT2D eigenvalue weighted by molar-refractivity contribution is 7.83. The SMILES string of the molecule is CS(C)=O.Cc1cc(C(c2ccc(N(C)C)cc2)c2cc(C)c(O)c(C)c2)cc(C)c1O. The highest BCUT2D eigenvalue weighted by Crippen LogP contribution is 2.38. The molecule has 0 heterocycles. The fourth-order valence-electron chi connectivity index (χ4n) is 3.85. The number of phenols is 2. The summed E-state index contributed by atoms with van der Waals surface area (Å²) >= 11 is 0. The molecule has 0 aliphatic rings. The fourth-order valence-corrected chi connectivity index (χ4v) is 3.85. The Kier molecular flexibility index (Phi) is 8.51. The first kappa shape index (κ1) is 25.5. The van der Waals surface area contributed by atoms with Crippen LogP contribution in [0.4, 0.5) is 5.69 Å². The molecule has 172 valence electrons. The number of hydrogen-bond donors (Lipinski definition) is 2. The largest absolute Gasteiger partial charge is 0.507 e. The van der Waals surface area contributed by atoms with Crippen LogP contribution in [0.2, 0.25) is 0 Å². The van der Waals surface area contributed by atoms with Gasteiger partial charge >= 0.3 is 0 Å². The molecular formula is C27H35NO3S. The van der Waals surface area contributed by atoms with E-state index < -0.39 is 10.8 Å². The summed E-state index contributed by atoms with van der Waals surface area (Å²) < 4.78 is 9.56. The number of nitrogens with zero attached hydrogens (tertiary/aromatic N) is 1. The van der Waals surface area contributed by atoms with E-state index in [-0.39, 0.29) is 5.92 Å². The molecule has 3 aromatic rings. The van der Waals surface area contributed by atoms with Crippen molar-refractivity contribution in [3.63, 3.8) is 0 Å². The summed E-state index contributed by atoms with van der Waals surface area (Å²) in [5.74, 6) is 0.722. The van der Waals surface area contributed by atoms with Crippen LogP contribution in [0.5, 0.6) is 11.5 Å². The summed E-state index contributed by atoms with van der Waals surface area (Å²) in [7, 11) is 3.46. The molecule has 5 heteroatoms. The van der Waals surface area contributed by atoms with Crippen molar-refractivity contribution in [2.24, 2.45) is 0 Å². The Morgan fingerprint density at radius 1 is 0.688 bits per heavy atom. The van der Waals surface area contributed by atoms with E-state index in [1.54, 1.807) is 12.5 Å². The molecule has 0 saturated carbocycles. The van der Waals surface area contributed by atoms with E-state index in [9.17, 15) is 14.4 Å². The van der Waals surface area contributed by atoms with E-state index in [0.29, 0.717) is 11.5 Å². The van der Waals surface area contributed by atoms with Gasteiger partial charge in [-0.1, -0.05) is 36.4 Å². The Labute approximate surface area is 195 Å². The normalized spacial score (nSPS) is 10.8. The molecule has 0 radical (unpaired) electrons. The van der Waals surface area contributed by atoms with E-state index in [4.69, 9.17) is 0 Å². The first-order valence-corrected chi connectivity index (χ1v) is 12.5. The van der Waals surface area contributed by atoms with Gasteiger partial charge in [0.2, 0.25) is 0 Å². The van der Waals surface area contributed by atoms with Crippen molar-refractivity contribution in [2.75, 3.05) is 31.5 Å². The van der Waals surface area contributed by atoms with E-state index in [2.05, 4.69) is 53.4 Å². The average molecular weight is 454 g/mol. The van der Waals surface area contributed by atoms with Gasteiger partial charge in [-0.3, -0.25) is 4.21 Å². The minimum atomic E-state index is -0.611. The summed E-state index contributed by atoms with van der Waals surface area (Å²) in [6.45, 7) is 7.74. The van der Waals surface area contributed by atoms with Crippen LogP contribution < -0.4 is 4.90 Å². The molecule has 3 rings (SSSR count). The van der Waals surface area contributed by atoms with Crippen molar-refractivity contribution in [3.8, 4) is 11.5 Å². The van der Waals surface area contributed by atoms with Crippen molar-refractivity contribution >= 4 is 16.5 Å². The molecule has 0 aliphatic carbocycles. The van der Waals surface area contributed by atoms with Gasteiger partial charge in [-0.2, -0.15) is 0 Å². The number of phenolic OH excluding ortho intramolecular Hbond substituents is 2. The summed E-state index contributed by atoms with van der Waals surface area (Å²) in [6, 6.07) is 16.8. The van der Waals surface area contributed by atoms with Gasteiger partial charge in [0.25, 0.3) is 0 Å². The number of hydrogen-bond acceptors (Lipinski definition) is 4. The van der Waals surface area contributed by atoms with Gasteiger partial charge in [-0.25, -0.2) is 0 Å². The van der Waals surface area contributed by atoms with Gasteiger partial charge < -0.3 is 15.1 Å². The highest BCUT2D eigenvalue weighted by Gasteiger charge is 2.20. The summed E-state index contributed by atoms with van der Waals surface area (Å²) in [5, 5.41) is 20.5. The molecule has 0 saturated heterocycles. The predicted octanol–water partition coefficient (Wildman–Crippen LogP) is 5.57. The third-order valence-electron chi connectivity index (χ3n) is 5.44. The Morgan fingerprint density at radius 2 is 1.00 bits per heavy atom. The van der Waals surface area contributed by atoms with Crippen LogP contribution >= 0.6 is 0 Å². The lowest BCUT2D eigenvalue weighted by atomic mass is 9.82. The maximum atomic E-state index is 10.2. The second kappa shape index (κ2) is 10.7. The van der Waals surface area contributed by atoms with Crippen molar-refractivity contribution in [1.82, 2.24) is 0 Å². The van der Waals surface area contributed by atoms with Crippen molar-refractivity contribution < 1.29 is 14.4 Å². The lowest BCUT2D eigenvalue weighted by Crippen LogP contribution is -2.09. The van der Waals surface area contributed by atoms with Crippen molar-refractivity contribution in [1.29, 1.82) is 0 Å². The Hall–Kier alpha value is -2.79. The van der Waals surface area contributed by atoms with Crippen LogP contribution in [-0.2, 0) is 10.8 Å². The van der Waals surface area contributed by atoms with Crippen LogP contribution in [0, 0.1) is 27.7 Å². The smallest absolute Gasteiger partial charge is 0.121 e. The minimum Gasteiger partial charge on any atom is -0.507 e. The topological polar surface area (TPSA) is 60.8 Å². The van der Waals surface area contributed by atoms with Gasteiger partial charge in [0, 0.05) is 49.0 Å². The Morgan fingerprint density at radius 3 is 1.28 bits per heavy atom. The molecule has 32 heavy (non-hydrogen) atoms. The second-order valence-electron chi connectivity index (χ2n) is 8.67. The van der Waals surface area contributed by atoms with E-state index in [0.717, 1.165) is 39.1 Å². The zero-order chi connectivity index (χ0) is 24.2. The summed E-state index contributed by atoms with van der Waals surface area (Å²) in [6.07, 6.45) is 3.28. The molecule has 0 fully saturated rings. The maximum absolute atomic E-state index is 10.2.